The zero-order chi connectivity index (χ0) is 28.0. The third-order valence-electron chi connectivity index (χ3n) is 6.23. The van der Waals surface area contributed by atoms with Crippen molar-refractivity contribution in [1.82, 2.24) is 24.1 Å². The van der Waals surface area contributed by atoms with E-state index in [4.69, 9.17) is 9.72 Å². The lowest BCUT2D eigenvalue weighted by molar-refractivity contribution is 0.318. The predicted octanol–water partition coefficient (Wildman–Crippen LogP) is 4.44. The van der Waals surface area contributed by atoms with Crippen molar-refractivity contribution in [3.63, 3.8) is 0 Å². The predicted molar refractivity (Wildman–Crippen MR) is 149 cm³/mol. The van der Waals surface area contributed by atoms with Gasteiger partial charge in [-0.2, -0.15) is 0 Å². The number of rotatable bonds is 13. The molecule has 0 fully saturated rings. The normalized spacial score (nSPS) is 11.7. The van der Waals surface area contributed by atoms with E-state index in [0.717, 1.165) is 30.5 Å². The van der Waals surface area contributed by atoms with Crippen LogP contribution in [-0.4, -0.2) is 40.9 Å². The summed E-state index contributed by atoms with van der Waals surface area (Å²) in [4.78, 5) is 35.7. The molecule has 0 aliphatic heterocycles. The number of ether oxygens (including phenoxy) is 1. The van der Waals surface area contributed by atoms with Gasteiger partial charge in [0.25, 0.3) is 0 Å². The Kier molecular flexibility index (Phi) is 8.87. The summed E-state index contributed by atoms with van der Waals surface area (Å²) < 4.78 is 36.3. The molecule has 0 saturated carbocycles. The van der Waals surface area contributed by atoms with Crippen molar-refractivity contribution < 1.29 is 13.2 Å². The van der Waals surface area contributed by atoms with Gasteiger partial charge in [0.2, 0.25) is 10.0 Å². The van der Waals surface area contributed by atoms with E-state index in [2.05, 4.69) is 26.8 Å². The molecule has 0 saturated heterocycles. The number of aromatic amines is 1. The van der Waals surface area contributed by atoms with Gasteiger partial charge in [0.15, 0.2) is 5.65 Å². The van der Waals surface area contributed by atoms with Gasteiger partial charge in [-0.1, -0.05) is 32.4 Å². The molecule has 206 valence electrons. The molecule has 2 heterocycles. The second-order valence-corrected chi connectivity index (χ2v) is 10.9. The fraction of sp³-hybridized carbons (Fsp3) is 0.370. The van der Waals surface area contributed by atoms with Crippen LogP contribution in [0.2, 0.25) is 0 Å². The number of nitrogens with zero attached hydrogens (tertiary/aromatic N) is 4. The monoisotopic (exact) mass is 552 g/mol. The largest absolute Gasteiger partial charge is 0.493 e. The topological polar surface area (TPSA) is 148 Å². The fourth-order valence-electron chi connectivity index (χ4n) is 4.20. The first-order chi connectivity index (χ1) is 18.8. The van der Waals surface area contributed by atoms with Crippen LogP contribution in [0.15, 0.2) is 57.3 Å². The molecule has 0 atom stereocenters. The molecular weight excluding hydrogens is 520 g/mol. The zero-order valence-electron chi connectivity index (χ0n) is 22.2. The number of benzene rings is 2. The van der Waals surface area contributed by atoms with Crippen LogP contribution in [-0.2, 0) is 22.9 Å². The van der Waals surface area contributed by atoms with E-state index in [-0.39, 0.29) is 17.3 Å². The number of hydrogen-bond donors (Lipinski definition) is 2. The number of imidazole rings is 1. The Hall–Kier alpha value is -3.90. The van der Waals surface area contributed by atoms with Crippen molar-refractivity contribution in [2.75, 3.05) is 13.2 Å². The highest BCUT2D eigenvalue weighted by Gasteiger charge is 2.21. The van der Waals surface area contributed by atoms with Crippen molar-refractivity contribution in [3.05, 3.63) is 74.9 Å². The summed E-state index contributed by atoms with van der Waals surface area (Å²) in [7, 11) is -3.89. The number of nitrogens with one attached hydrogen (secondary N) is 2. The highest BCUT2D eigenvalue weighted by atomic mass is 32.2. The van der Waals surface area contributed by atoms with E-state index < -0.39 is 15.7 Å². The van der Waals surface area contributed by atoms with Crippen LogP contribution in [0.25, 0.3) is 17.0 Å². The first kappa shape index (κ1) is 28.1. The van der Waals surface area contributed by atoms with Gasteiger partial charge in [-0.25, -0.2) is 32.3 Å². The Balaban J connectivity index is 1.68. The van der Waals surface area contributed by atoms with E-state index >= 15 is 0 Å². The van der Waals surface area contributed by atoms with Gasteiger partial charge in [-0.05, 0) is 73.7 Å². The summed E-state index contributed by atoms with van der Waals surface area (Å²) in [5, 5.41) is 2.87. The molecule has 2 aromatic heterocycles. The number of aryl methyl sites for hydroxylation is 2. The Morgan fingerprint density at radius 1 is 1.05 bits per heavy atom. The van der Waals surface area contributed by atoms with Crippen LogP contribution in [0.1, 0.15) is 50.2 Å². The van der Waals surface area contributed by atoms with Gasteiger partial charge in [-0.15, -0.1) is 4.91 Å². The summed E-state index contributed by atoms with van der Waals surface area (Å²) in [6.07, 6.45) is 3.72. The quantitative estimate of drug-likeness (QED) is 0.233. The highest BCUT2D eigenvalue weighted by molar-refractivity contribution is 7.89. The maximum absolute atomic E-state index is 13.2. The van der Waals surface area contributed by atoms with Crippen LogP contribution in [0.4, 0.5) is 5.69 Å². The van der Waals surface area contributed by atoms with Gasteiger partial charge in [0, 0.05) is 6.54 Å². The lowest BCUT2D eigenvalue weighted by Crippen LogP contribution is -2.26. The molecule has 11 nitrogen and oxygen atoms in total. The van der Waals surface area contributed by atoms with Gasteiger partial charge in [0.1, 0.15) is 23.1 Å². The molecule has 0 spiro atoms. The molecule has 2 aromatic carbocycles. The number of H-pyrrole nitrogens is 1. The van der Waals surface area contributed by atoms with Gasteiger partial charge in [-0.3, -0.25) is 4.98 Å². The second kappa shape index (κ2) is 12.3. The Labute approximate surface area is 226 Å². The summed E-state index contributed by atoms with van der Waals surface area (Å²) in [5.74, 6) is 1.16. The SMILES string of the molecule is CCCCc1nc(C)n2c(=O)[nH]c(-c3cc(S(=O)(=O)NCCc4ccc(N=O)cc4)ccc3OCCC)nc12. The summed E-state index contributed by atoms with van der Waals surface area (Å²) >= 11 is 0. The van der Waals surface area contributed by atoms with E-state index in [9.17, 15) is 18.1 Å². The summed E-state index contributed by atoms with van der Waals surface area (Å²) in [6.45, 7) is 6.36. The Morgan fingerprint density at radius 2 is 1.82 bits per heavy atom. The Morgan fingerprint density at radius 3 is 2.51 bits per heavy atom. The fourth-order valence-corrected chi connectivity index (χ4v) is 5.26. The molecule has 4 rings (SSSR count). The van der Waals surface area contributed by atoms with Crippen molar-refractivity contribution in [1.29, 1.82) is 0 Å². The summed E-state index contributed by atoms with van der Waals surface area (Å²) in [6, 6.07) is 11.1. The average molecular weight is 553 g/mol. The van der Waals surface area contributed by atoms with Crippen molar-refractivity contribution in [3.8, 4) is 17.1 Å². The minimum Gasteiger partial charge on any atom is -0.493 e. The number of unbranched alkanes of at least 4 members (excludes halogenated alkanes) is 1. The van der Waals surface area contributed by atoms with Crippen LogP contribution in [0.5, 0.6) is 5.75 Å². The number of fused-ring (bicyclic) bond motifs is 1. The maximum Gasteiger partial charge on any atom is 0.334 e. The zero-order valence-corrected chi connectivity index (χ0v) is 23.0. The number of aromatic nitrogens is 4. The third kappa shape index (κ3) is 6.40. The van der Waals surface area contributed by atoms with Crippen LogP contribution in [0.3, 0.4) is 0 Å². The Bertz CT molecular complexity index is 1630. The molecule has 0 radical (unpaired) electrons. The van der Waals surface area contributed by atoms with E-state index in [1.165, 1.54) is 16.5 Å². The molecule has 0 amide bonds. The lowest BCUT2D eigenvalue weighted by Gasteiger charge is -2.14. The standard InChI is InChI=1S/C27H32N6O5S/c1-4-6-7-23-26-30-25(31-27(34)33(26)18(3)29-23)22-17-21(12-13-24(22)38-16-5-2)39(36,37)28-15-14-19-8-10-20(32-35)11-9-19/h8-13,17,28H,4-7,14-16H2,1-3H3,(H,30,31,34). The first-order valence-electron chi connectivity index (χ1n) is 12.9. The molecule has 0 bridgehead atoms. The van der Waals surface area contributed by atoms with E-state index in [1.807, 2.05) is 6.92 Å². The third-order valence-corrected chi connectivity index (χ3v) is 7.69. The van der Waals surface area contributed by atoms with Crippen LogP contribution >= 0.6 is 0 Å². The molecule has 39 heavy (non-hydrogen) atoms. The molecule has 12 heteroatoms. The molecular formula is C27H32N6O5S. The maximum atomic E-state index is 13.2. The van der Waals surface area contributed by atoms with Crippen molar-refractivity contribution in [2.45, 2.75) is 57.8 Å². The average Bonchev–Trinajstić information content (AvgIpc) is 3.26. The van der Waals surface area contributed by atoms with Crippen LogP contribution in [0, 0.1) is 11.8 Å². The second-order valence-electron chi connectivity index (χ2n) is 9.17. The number of hydrogen-bond acceptors (Lipinski definition) is 8. The lowest BCUT2D eigenvalue weighted by atomic mass is 10.1. The van der Waals surface area contributed by atoms with E-state index in [1.54, 1.807) is 37.3 Å². The van der Waals surface area contributed by atoms with Crippen LogP contribution < -0.4 is 15.1 Å². The molecule has 0 unspecified atom stereocenters. The van der Waals surface area contributed by atoms with Crippen molar-refractivity contribution >= 4 is 21.4 Å². The number of sulfonamides is 1. The molecule has 2 N–H and O–H groups in total. The van der Waals surface area contributed by atoms with Gasteiger partial charge < -0.3 is 4.74 Å². The van der Waals surface area contributed by atoms with Gasteiger partial charge in [0.05, 0.1) is 22.8 Å². The van der Waals surface area contributed by atoms with Gasteiger partial charge >= 0.3 is 5.69 Å². The first-order valence-corrected chi connectivity index (χ1v) is 14.4. The highest BCUT2D eigenvalue weighted by Crippen LogP contribution is 2.31. The minimum atomic E-state index is -3.89. The molecule has 0 aliphatic rings. The smallest absolute Gasteiger partial charge is 0.334 e. The minimum absolute atomic E-state index is 0.0141. The summed E-state index contributed by atoms with van der Waals surface area (Å²) in [5.41, 5.74) is 2.29. The molecule has 4 aromatic rings. The molecule has 0 aliphatic carbocycles. The van der Waals surface area contributed by atoms with Crippen molar-refractivity contribution in [2.24, 2.45) is 5.18 Å². The van der Waals surface area contributed by atoms with E-state index in [0.29, 0.717) is 47.9 Å². The number of nitroso groups, excluding NO2 is 1.